The van der Waals surface area contributed by atoms with E-state index in [9.17, 15) is 9.59 Å². The van der Waals surface area contributed by atoms with Gasteiger partial charge in [0, 0.05) is 18.7 Å². The van der Waals surface area contributed by atoms with E-state index >= 15 is 0 Å². The fraction of sp³-hybridized carbons (Fsp3) is 0.333. The predicted octanol–water partition coefficient (Wildman–Crippen LogP) is 3.91. The van der Waals surface area contributed by atoms with E-state index in [-0.39, 0.29) is 23.5 Å². The molecule has 0 aliphatic heterocycles. The maximum atomic E-state index is 12.4. The van der Waals surface area contributed by atoms with Gasteiger partial charge < -0.3 is 15.6 Å². The molecular weight excluding hydrogens is 418 g/mol. The molecule has 3 rings (SSSR count). The van der Waals surface area contributed by atoms with Gasteiger partial charge in [0.05, 0.1) is 10.6 Å². The molecule has 0 bridgehead atoms. The van der Waals surface area contributed by atoms with Crippen LogP contribution in [0.25, 0.3) is 10.7 Å². The van der Waals surface area contributed by atoms with E-state index in [0.717, 1.165) is 10.6 Å². The Balaban J connectivity index is 1.66. The van der Waals surface area contributed by atoms with Gasteiger partial charge in [-0.15, -0.1) is 21.5 Å². The first-order valence-corrected chi connectivity index (χ1v) is 11.4. The number of nitrogens with zero attached hydrogens (tertiary/aromatic N) is 3. The van der Waals surface area contributed by atoms with Crippen molar-refractivity contribution in [2.75, 3.05) is 11.1 Å². The normalized spacial score (nSPS) is 11.4. The number of anilines is 1. The van der Waals surface area contributed by atoms with Crippen LogP contribution < -0.4 is 11.1 Å². The molecule has 3 N–H and O–H groups in total. The third-order valence-electron chi connectivity index (χ3n) is 4.41. The summed E-state index contributed by atoms with van der Waals surface area (Å²) in [5.74, 6) is 0.325. The first-order chi connectivity index (χ1) is 14.2. The van der Waals surface area contributed by atoms with E-state index in [1.807, 2.05) is 46.3 Å². The second kappa shape index (κ2) is 9.44. The molecule has 30 heavy (non-hydrogen) atoms. The van der Waals surface area contributed by atoms with Crippen molar-refractivity contribution in [1.82, 2.24) is 14.8 Å². The lowest BCUT2D eigenvalue weighted by molar-refractivity contribution is -0.118. The average Bonchev–Trinajstić information content (AvgIpc) is 3.34. The van der Waals surface area contributed by atoms with Crippen molar-refractivity contribution in [3.05, 3.63) is 47.3 Å². The van der Waals surface area contributed by atoms with Crippen LogP contribution in [0.5, 0.6) is 0 Å². The molecular formula is C21H25N5O2S2. The molecule has 7 nitrogen and oxygen atoms in total. The Kier molecular flexibility index (Phi) is 6.94. The van der Waals surface area contributed by atoms with Crippen LogP contribution in [-0.2, 0) is 21.5 Å². The predicted molar refractivity (Wildman–Crippen MR) is 122 cm³/mol. The molecule has 2 amide bonds. The van der Waals surface area contributed by atoms with Crippen molar-refractivity contribution in [1.29, 1.82) is 0 Å². The minimum atomic E-state index is -0.395. The molecule has 2 heterocycles. The number of benzene rings is 1. The number of thiophene rings is 1. The number of nitrogens with two attached hydrogens (primary N) is 1. The minimum Gasteiger partial charge on any atom is -0.370 e. The number of carbonyl (C=O) groups excluding carboxylic acids is 2. The van der Waals surface area contributed by atoms with Crippen LogP contribution in [0, 0.1) is 0 Å². The van der Waals surface area contributed by atoms with Crippen LogP contribution in [0.2, 0.25) is 0 Å². The first kappa shape index (κ1) is 22.0. The Morgan fingerprint density at radius 3 is 2.50 bits per heavy atom. The van der Waals surface area contributed by atoms with Gasteiger partial charge in [-0.25, -0.2) is 0 Å². The van der Waals surface area contributed by atoms with Gasteiger partial charge in [-0.05, 0) is 34.6 Å². The number of amides is 2. The summed E-state index contributed by atoms with van der Waals surface area (Å²) in [5.41, 5.74) is 7.33. The van der Waals surface area contributed by atoms with Crippen molar-refractivity contribution in [3.8, 4) is 10.7 Å². The average molecular weight is 444 g/mol. The van der Waals surface area contributed by atoms with Gasteiger partial charge >= 0.3 is 0 Å². The van der Waals surface area contributed by atoms with Crippen LogP contribution >= 0.6 is 23.1 Å². The van der Waals surface area contributed by atoms with Gasteiger partial charge in [0.15, 0.2) is 11.0 Å². The largest absolute Gasteiger partial charge is 0.370 e. The van der Waals surface area contributed by atoms with Crippen LogP contribution in [0.3, 0.4) is 0 Å². The van der Waals surface area contributed by atoms with E-state index < -0.39 is 5.91 Å². The summed E-state index contributed by atoms with van der Waals surface area (Å²) in [4.78, 5) is 24.6. The third kappa shape index (κ3) is 5.70. The van der Waals surface area contributed by atoms with Gasteiger partial charge in [0.25, 0.3) is 0 Å². The van der Waals surface area contributed by atoms with E-state index in [1.54, 1.807) is 0 Å². The Bertz CT molecular complexity index is 1010. The highest BCUT2D eigenvalue weighted by Gasteiger charge is 2.17. The molecule has 0 saturated heterocycles. The number of carbonyl (C=O) groups is 2. The SMILES string of the molecule is CC(C)(C)c1ccc(NC(=O)CSc2nnc(-c3cccs3)n2CCC(N)=O)cc1. The molecule has 0 aliphatic carbocycles. The van der Waals surface area contributed by atoms with E-state index in [2.05, 4.69) is 36.3 Å². The standard InChI is InChI=1S/C21H25N5O2S2/c1-21(2,3)14-6-8-15(9-7-14)23-18(28)13-30-20-25-24-19(16-5-4-12-29-16)26(20)11-10-17(22)27/h4-9,12H,10-11,13H2,1-3H3,(H2,22,27)(H,23,28). The fourth-order valence-electron chi connectivity index (χ4n) is 2.79. The molecule has 1 aromatic carbocycles. The summed E-state index contributed by atoms with van der Waals surface area (Å²) in [7, 11) is 0. The summed E-state index contributed by atoms with van der Waals surface area (Å²) in [5, 5.41) is 13.9. The summed E-state index contributed by atoms with van der Waals surface area (Å²) >= 11 is 2.82. The van der Waals surface area contributed by atoms with E-state index in [0.29, 0.717) is 17.5 Å². The molecule has 9 heteroatoms. The zero-order chi connectivity index (χ0) is 21.7. The molecule has 0 unspecified atom stereocenters. The van der Waals surface area contributed by atoms with Gasteiger partial charge in [-0.1, -0.05) is 50.7 Å². The maximum Gasteiger partial charge on any atom is 0.234 e. The molecule has 0 fully saturated rings. The lowest BCUT2D eigenvalue weighted by Crippen LogP contribution is -2.17. The third-order valence-corrected chi connectivity index (χ3v) is 6.24. The highest BCUT2D eigenvalue weighted by molar-refractivity contribution is 7.99. The Morgan fingerprint density at radius 2 is 1.90 bits per heavy atom. The molecule has 0 atom stereocenters. The summed E-state index contributed by atoms with van der Waals surface area (Å²) < 4.78 is 1.84. The van der Waals surface area contributed by atoms with Gasteiger partial charge in [-0.3, -0.25) is 9.59 Å². The van der Waals surface area contributed by atoms with E-state index in [4.69, 9.17) is 5.73 Å². The highest BCUT2D eigenvalue weighted by Crippen LogP contribution is 2.28. The first-order valence-electron chi connectivity index (χ1n) is 9.52. The zero-order valence-corrected chi connectivity index (χ0v) is 18.8. The molecule has 158 valence electrons. The minimum absolute atomic E-state index is 0.0631. The molecule has 2 aromatic heterocycles. The van der Waals surface area contributed by atoms with Crippen LogP contribution in [0.4, 0.5) is 5.69 Å². The van der Waals surface area contributed by atoms with Crippen molar-refractivity contribution < 1.29 is 9.59 Å². The maximum absolute atomic E-state index is 12.4. The Labute approximate surface area is 184 Å². The van der Waals surface area contributed by atoms with Crippen molar-refractivity contribution in [2.45, 2.75) is 44.3 Å². The van der Waals surface area contributed by atoms with Gasteiger partial charge in [0.1, 0.15) is 0 Å². The Hall–Kier alpha value is -2.65. The number of primary amides is 1. The molecule has 0 aliphatic rings. The number of rotatable bonds is 8. The van der Waals surface area contributed by atoms with Crippen molar-refractivity contribution >= 4 is 40.6 Å². The van der Waals surface area contributed by atoms with Crippen LogP contribution in [0.15, 0.2) is 46.9 Å². The zero-order valence-electron chi connectivity index (χ0n) is 17.2. The van der Waals surface area contributed by atoms with Gasteiger partial charge in [-0.2, -0.15) is 0 Å². The number of nitrogens with one attached hydrogen (secondary N) is 1. The fourth-order valence-corrected chi connectivity index (χ4v) is 4.27. The summed E-state index contributed by atoms with van der Waals surface area (Å²) in [6.45, 7) is 6.82. The lowest BCUT2D eigenvalue weighted by Gasteiger charge is -2.19. The van der Waals surface area contributed by atoms with E-state index in [1.165, 1.54) is 28.7 Å². The van der Waals surface area contributed by atoms with Crippen molar-refractivity contribution in [2.24, 2.45) is 5.73 Å². The second-order valence-corrected chi connectivity index (χ2v) is 9.71. The number of thioether (sulfide) groups is 1. The highest BCUT2D eigenvalue weighted by atomic mass is 32.2. The summed E-state index contributed by atoms with van der Waals surface area (Å²) in [6, 6.07) is 11.7. The second-order valence-electron chi connectivity index (χ2n) is 7.82. The quantitative estimate of drug-likeness (QED) is 0.514. The van der Waals surface area contributed by atoms with Crippen LogP contribution in [0.1, 0.15) is 32.8 Å². The lowest BCUT2D eigenvalue weighted by atomic mass is 9.87. The molecule has 0 spiro atoms. The molecule has 0 saturated carbocycles. The number of hydrogen-bond donors (Lipinski definition) is 2. The van der Waals surface area contributed by atoms with Crippen LogP contribution in [-0.4, -0.2) is 32.3 Å². The topological polar surface area (TPSA) is 103 Å². The monoisotopic (exact) mass is 443 g/mol. The molecule has 0 radical (unpaired) electrons. The summed E-state index contributed by atoms with van der Waals surface area (Å²) in [6.07, 6.45) is 0.177. The number of hydrogen-bond acceptors (Lipinski definition) is 6. The number of aromatic nitrogens is 3. The van der Waals surface area contributed by atoms with Crippen molar-refractivity contribution in [3.63, 3.8) is 0 Å². The smallest absolute Gasteiger partial charge is 0.234 e. The Morgan fingerprint density at radius 1 is 1.17 bits per heavy atom. The molecule has 3 aromatic rings. The van der Waals surface area contributed by atoms with Gasteiger partial charge in [0.2, 0.25) is 11.8 Å².